The number of methoxy groups -OCH3 is 1. The van der Waals surface area contributed by atoms with Crippen molar-refractivity contribution in [3.8, 4) is 0 Å². The van der Waals surface area contributed by atoms with Crippen molar-refractivity contribution in [1.29, 1.82) is 0 Å². The number of hydrogen-bond acceptors (Lipinski definition) is 6. The summed E-state index contributed by atoms with van der Waals surface area (Å²) in [5.74, 6) is 0.319. The van der Waals surface area contributed by atoms with Crippen molar-refractivity contribution < 1.29 is 9.53 Å². The van der Waals surface area contributed by atoms with Crippen LogP contribution in [0.5, 0.6) is 0 Å². The molecule has 0 saturated carbocycles. The molecule has 1 saturated heterocycles. The zero-order valence-corrected chi connectivity index (χ0v) is 14.2. The predicted octanol–water partition coefficient (Wildman–Crippen LogP) is 1.02. The molecule has 22 heavy (non-hydrogen) atoms. The first-order valence-electron chi connectivity index (χ1n) is 7.85. The Morgan fingerprint density at radius 3 is 2.82 bits per heavy atom. The Morgan fingerprint density at radius 2 is 2.18 bits per heavy atom. The predicted molar refractivity (Wildman–Crippen MR) is 89.5 cm³/mol. The maximum Gasteiger partial charge on any atom is 0.223 e. The van der Waals surface area contributed by atoms with E-state index in [1.807, 2.05) is 6.92 Å². The molecule has 7 heteroatoms. The van der Waals surface area contributed by atoms with Gasteiger partial charge >= 0.3 is 0 Å². The van der Waals surface area contributed by atoms with Gasteiger partial charge in [-0.25, -0.2) is 4.98 Å². The van der Waals surface area contributed by atoms with Crippen LogP contribution in [-0.2, 0) is 9.53 Å². The van der Waals surface area contributed by atoms with Crippen molar-refractivity contribution in [3.05, 3.63) is 11.1 Å². The first-order chi connectivity index (χ1) is 10.7. The minimum Gasteiger partial charge on any atom is -0.383 e. The Morgan fingerprint density at radius 1 is 1.41 bits per heavy atom. The number of aryl methyl sites for hydroxylation is 1. The average molecular weight is 326 g/mol. The number of ether oxygens (including phenoxy) is 1. The Balaban J connectivity index is 1.62. The van der Waals surface area contributed by atoms with Gasteiger partial charge in [0, 0.05) is 51.1 Å². The lowest BCUT2D eigenvalue weighted by atomic mass is 9.96. The van der Waals surface area contributed by atoms with Gasteiger partial charge in [0.05, 0.1) is 12.3 Å². The van der Waals surface area contributed by atoms with Gasteiger partial charge in [-0.3, -0.25) is 4.79 Å². The molecule has 0 radical (unpaired) electrons. The molecule has 6 nitrogen and oxygen atoms in total. The molecular weight excluding hydrogens is 300 g/mol. The molecule has 124 valence electrons. The number of anilines is 1. The number of piperidine rings is 1. The van der Waals surface area contributed by atoms with E-state index < -0.39 is 0 Å². The average Bonchev–Trinajstić information content (AvgIpc) is 2.97. The van der Waals surface area contributed by atoms with Gasteiger partial charge in [-0.1, -0.05) is 0 Å². The number of thiazole rings is 1. The zero-order chi connectivity index (χ0) is 15.8. The number of carbonyl (C=O) groups is 1. The zero-order valence-electron chi connectivity index (χ0n) is 13.4. The van der Waals surface area contributed by atoms with Crippen LogP contribution in [0.25, 0.3) is 0 Å². The number of hydrogen-bond donors (Lipinski definition) is 2. The maximum atomic E-state index is 12.1. The minimum absolute atomic E-state index is 0.135. The van der Waals surface area contributed by atoms with Crippen molar-refractivity contribution in [2.24, 2.45) is 5.92 Å². The van der Waals surface area contributed by atoms with Crippen LogP contribution in [-0.4, -0.2) is 57.3 Å². The fourth-order valence-electron chi connectivity index (χ4n) is 2.54. The topological polar surface area (TPSA) is 66.5 Å². The van der Waals surface area contributed by atoms with E-state index in [4.69, 9.17) is 4.74 Å². The first-order valence-corrected chi connectivity index (χ1v) is 8.73. The molecule has 1 aromatic rings. The van der Waals surface area contributed by atoms with Crippen molar-refractivity contribution >= 4 is 22.4 Å². The van der Waals surface area contributed by atoms with Crippen LogP contribution < -0.4 is 15.5 Å². The fourth-order valence-corrected chi connectivity index (χ4v) is 3.39. The number of amides is 1. The standard InChI is InChI=1S/C15H26N4O2S/c1-12-11-22-15(18-12)19-8-3-13(4-9-19)14(20)17-6-5-16-7-10-21-2/h11,13,16H,3-10H2,1-2H3,(H,17,20). The van der Waals surface area contributed by atoms with Crippen molar-refractivity contribution in [3.63, 3.8) is 0 Å². The highest BCUT2D eigenvalue weighted by Gasteiger charge is 2.25. The van der Waals surface area contributed by atoms with Crippen LogP contribution in [0.1, 0.15) is 18.5 Å². The van der Waals surface area contributed by atoms with E-state index >= 15 is 0 Å². The first kappa shape index (κ1) is 17.2. The van der Waals surface area contributed by atoms with Crippen LogP contribution in [0, 0.1) is 12.8 Å². The third-order valence-corrected chi connectivity index (χ3v) is 4.85. The second kappa shape index (κ2) is 9.07. The van der Waals surface area contributed by atoms with Crippen LogP contribution in [0.4, 0.5) is 5.13 Å². The second-order valence-corrected chi connectivity index (χ2v) is 6.40. The van der Waals surface area contributed by atoms with Gasteiger partial charge < -0.3 is 20.3 Å². The normalized spacial score (nSPS) is 16.0. The van der Waals surface area contributed by atoms with Gasteiger partial charge in [-0.2, -0.15) is 0 Å². The minimum atomic E-state index is 0.135. The summed E-state index contributed by atoms with van der Waals surface area (Å²) >= 11 is 1.68. The van der Waals surface area contributed by atoms with E-state index in [0.717, 1.165) is 49.8 Å². The van der Waals surface area contributed by atoms with Crippen LogP contribution in [0.15, 0.2) is 5.38 Å². The molecule has 1 amide bonds. The molecule has 0 spiro atoms. The van der Waals surface area contributed by atoms with Gasteiger partial charge in [0.2, 0.25) is 5.91 Å². The quantitative estimate of drug-likeness (QED) is 0.698. The van der Waals surface area contributed by atoms with Gasteiger partial charge in [0.25, 0.3) is 0 Å². The number of rotatable bonds is 8. The summed E-state index contributed by atoms with van der Waals surface area (Å²) in [6.45, 7) is 6.82. The van der Waals surface area contributed by atoms with Crippen LogP contribution in [0.3, 0.4) is 0 Å². The summed E-state index contributed by atoms with van der Waals surface area (Å²) in [4.78, 5) is 18.9. The molecule has 1 aliphatic heterocycles. The Bertz CT molecular complexity index is 458. The lowest BCUT2D eigenvalue weighted by molar-refractivity contribution is -0.125. The van der Waals surface area contributed by atoms with Crippen molar-refractivity contribution in [2.75, 3.05) is 51.3 Å². The van der Waals surface area contributed by atoms with Gasteiger partial charge in [-0.05, 0) is 19.8 Å². The fraction of sp³-hybridized carbons (Fsp3) is 0.733. The summed E-state index contributed by atoms with van der Waals surface area (Å²) in [6, 6.07) is 0. The van der Waals surface area contributed by atoms with Crippen molar-refractivity contribution in [1.82, 2.24) is 15.6 Å². The number of nitrogens with zero attached hydrogens (tertiary/aromatic N) is 2. The molecule has 2 rings (SSSR count). The molecule has 2 heterocycles. The Hall–Kier alpha value is -1.18. The molecule has 1 aliphatic rings. The second-order valence-electron chi connectivity index (χ2n) is 5.57. The summed E-state index contributed by atoms with van der Waals surface area (Å²) in [6.07, 6.45) is 1.81. The third-order valence-electron chi connectivity index (χ3n) is 3.83. The number of nitrogens with one attached hydrogen (secondary N) is 2. The summed E-state index contributed by atoms with van der Waals surface area (Å²) in [5.41, 5.74) is 1.07. The van der Waals surface area contributed by atoms with Gasteiger partial charge in [-0.15, -0.1) is 11.3 Å². The van der Waals surface area contributed by atoms with Crippen LogP contribution in [0.2, 0.25) is 0 Å². The van der Waals surface area contributed by atoms with E-state index in [1.54, 1.807) is 18.4 Å². The molecule has 1 fully saturated rings. The number of aromatic nitrogens is 1. The smallest absolute Gasteiger partial charge is 0.223 e. The lowest BCUT2D eigenvalue weighted by Gasteiger charge is -2.31. The molecular formula is C15H26N4O2S. The summed E-state index contributed by atoms with van der Waals surface area (Å²) < 4.78 is 4.95. The van der Waals surface area contributed by atoms with E-state index in [-0.39, 0.29) is 11.8 Å². The molecule has 0 aromatic carbocycles. The van der Waals surface area contributed by atoms with E-state index in [1.165, 1.54) is 0 Å². The lowest BCUT2D eigenvalue weighted by Crippen LogP contribution is -2.42. The third kappa shape index (κ3) is 5.23. The van der Waals surface area contributed by atoms with Gasteiger partial charge in [0.15, 0.2) is 5.13 Å². The highest BCUT2D eigenvalue weighted by Crippen LogP contribution is 2.26. The molecule has 0 atom stereocenters. The molecule has 0 bridgehead atoms. The SMILES string of the molecule is COCCNCCNC(=O)C1CCN(c2nc(C)cs2)CC1. The maximum absolute atomic E-state index is 12.1. The Labute approximate surface area is 136 Å². The summed E-state index contributed by atoms with van der Waals surface area (Å²) in [5, 5.41) is 9.39. The molecule has 2 N–H and O–H groups in total. The van der Waals surface area contributed by atoms with Gasteiger partial charge in [0.1, 0.15) is 0 Å². The Kier molecular flexibility index (Phi) is 7.08. The molecule has 1 aromatic heterocycles. The highest BCUT2D eigenvalue weighted by molar-refractivity contribution is 7.13. The summed E-state index contributed by atoms with van der Waals surface area (Å²) in [7, 11) is 1.68. The molecule has 0 aliphatic carbocycles. The van der Waals surface area contributed by atoms with E-state index in [9.17, 15) is 4.79 Å². The molecule has 0 unspecified atom stereocenters. The monoisotopic (exact) mass is 326 g/mol. The van der Waals surface area contributed by atoms with Crippen molar-refractivity contribution in [2.45, 2.75) is 19.8 Å². The van der Waals surface area contributed by atoms with E-state index in [0.29, 0.717) is 13.2 Å². The number of carbonyl (C=O) groups excluding carboxylic acids is 1. The van der Waals surface area contributed by atoms with E-state index in [2.05, 4.69) is 25.9 Å². The van der Waals surface area contributed by atoms with Crippen LogP contribution >= 0.6 is 11.3 Å². The largest absolute Gasteiger partial charge is 0.383 e. The highest BCUT2D eigenvalue weighted by atomic mass is 32.1.